The number of anilines is 1. The molecule has 0 unspecified atom stereocenters. The fraction of sp³-hybridized carbons (Fsp3) is 0.667. The van der Waals surface area contributed by atoms with Crippen LogP contribution in [0.2, 0.25) is 0 Å². The van der Waals surface area contributed by atoms with Gasteiger partial charge in [0.05, 0.1) is 5.54 Å². The second-order valence-corrected chi connectivity index (χ2v) is 6.21. The third kappa shape index (κ3) is 4.92. The number of rotatable bonds is 6. The van der Waals surface area contributed by atoms with Crippen molar-refractivity contribution in [1.82, 2.24) is 20.2 Å². The molecule has 3 N–H and O–H groups in total. The molecule has 2 heterocycles. The van der Waals surface area contributed by atoms with E-state index in [1.807, 2.05) is 6.07 Å². The van der Waals surface area contributed by atoms with E-state index < -0.39 is 5.54 Å². The van der Waals surface area contributed by atoms with Crippen LogP contribution in [-0.4, -0.2) is 65.6 Å². The Labute approximate surface area is 131 Å². The van der Waals surface area contributed by atoms with Crippen LogP contribution in [0.25, 0.3) is 0 Å². The van der Waals surface area contributed by atoms with E-state index in [0.29, 0.717) is 6.54 Å². The van der Waals surface area contributed by atoms with Gasteiger partial charge in [0.15, 0.2) is 0 Å². The first-order chi connectivity index (χ1) is 10.5. The van der Waals surface area contributed by atoms with Crippen molar-refractivity contribution >= 4 is 11.9 Å². The standard InChI is InChI=1S/C15H26N6O/c1-15(2,16)13(22)17-7-4-8-20-9-11-21(12-10-20)14-18-5-3-6-19-14/h3,5-6H,4,7-12,16H2,1-2H3,(H,17,22). The average Bonchev–Trinajstić information content (AvgIpc) is 2.52. The van der Waals surface area contributed by atoms with Crippen LogP contribution in [0.5, 0.6) is 0 Å². The molecule has 1 aromatic rings. The van der Waals surface area contributed by atoms with Crippen molar-refractivity contribution in [3.8, 4) is 0 Å². The summed E-state index contributed by atoms with van der Waals surface area (Å²) in [4.78, 5) is 24.8. The number of nitrogens with two attached hydrogens (primary N) is 1. The average molecular weight is 306 g/mol. The SMILES string of the molecule is CC(C)(N)C(=O)NCCCN1CCN(c2ncccn2)CC1. The molecule has 0 aromatic carbocycles. The van der Waals surface area contributed by atoms with E-state index in [0.717, 1.165) is 45.1 Å². The molecule has 122 valence electrons. The Balaban J connectivity index is 1.63. The van der Waals surface area contributed by atoms with E-state index in [1.165, 1.54) is 0 Å². The molecular weight excluding hydrogens is 280 g/mol. The van der Waals surface area contributed by atoms with Crippen LogP contribution in [0.1, 0.15) is 20.3 Å². The number of amides is 1. The second kappa shape index (κ2) is 7.51. The summed E-state index contributed by atoms with van der Waals surface area (Å²) in [6.07, 6.45) is 4.48. The van der Waals surface area contributed by atoms with E-state index in [1.54, 1.807) is 26.2 Å². The summed E-state index contributed by atoms with van der Waals surface area (Å²) < 4.78 is 0. The topological polar surface area (TPSA) is 87.4 Å². The monoisotopic (exact) mass is 306 g/mol. The van der Waals surface area contributed by atoms with Crippen molar-refractivity contribution in [1.29, 1.82) is 0 Å². The van der Waals surface area contributed by atoms with E-state index in [9.17, 15) is 4.79 Å². The minimum atomic E-state index is -0.804. The van der Waals surface area contributed by atoms with Gasteiger partial charge < -0.3 is 16.0 Å². The lowest BCUT2D eigenvalue weighted by atomic mass is 10.1. The Morgan fingerprint density at radius 1 is 1.27 bits per heavy atom. The van der Waals surface area contributed by atoms with Crippen LogP contribution in [0, 0.1) is 0 Å². The maximum atomic E-state index is 11.6. The molecule has 1 aromatic heterocycles. The van der Waals surface area contributed by atoms with Gasteiger partial charge in [0.2, 0.25) is 11.9 Å². The zero-order valence-corrected chi connectivity index (χ0v) is 13.5. The Morgan fingerprint density at radius 3 is 2.50 bits per heavy atom. The summed E-state index contributed by atoms with van der Waals surface area (Å²) in [5, 5.41) is 2.88. The normalized spacial score (nSPS) is 16.6. The van der Waals surface area contributed by atoms with E-state index in [2.05, 4.69) is 25.1 Å². The summed E-state index contributed by atoms with van der Waals surface area (Å²) in [5.41, 5.74) is 4.93. The van der Waals surface area contributed by atoms with Gasteiger partial charge in [-0.3, -0.25) is 9.69 Å². The Morgan fingerprint density at radius 2 is 1.91 bits per heavy atom. The molecule has 0 atom stereocenters. The van der Waals surface area contributed by atoms with Crippen LogP contribution >= 0.6 is 0 Å². The van der Waals surface area contributed by atoms with Gasteiger partial charge in [-0.05, 0) is 32.9 Å². The van der Waals surface area contributed by atoms with Crippen LogP contribution in [0.4, 0.5) is 5.95 Å². The van der Waals surface area contributed by atoms with Crippen molar-refractivity contribution in [2.45, 2.75) is 25.8 Å². The molecule has 7 heteroatoms. The van der Waals surface area contributed by atoms with Gasteiger partial charge in [0.1, 0.15) is 0 Å². The highest BCUT2D eigenvalue weighted by molar-refractivity contribution is 5.84. The van der Waals surface area contributed by atoms with E-state index in [4.69, 9.17) is 5.73 Å². The molecule has 22 heavy (non-hydrogen) atoms. The highest BCUT2D eigenvalue weighted by atomic mass is 16.2. The van der Waals surface area contributed by atoms with Crippen LogP contribution in [0.15, 0.2) is 18.5 Å². The van der Waals surface area contributed by atoms with Crippen molar-refractivity contribution in [2.75, 3.05) is 44.2 Å². The quantitative estimate of drug-likeness (QED) is 0.710. The fourth-order valence-corrected chi connectivity index (χ4v) is 2.36. The maximum Gasteiger partial charge on any atom is 0.239 e. The molecule has 1 fully saturated rings. The van der Waals surface area contributed by atoms with Crippen molar-refractivity contribution in [3.05, 3.63) is 18.5 Å². The molecule has 0 aliphatic carbocycles. The Bertz CT molecular complexity index is 465. The summed E-state index contributed by atoms with van der Waals surface area (Å²) in [7, 11) is 0. The summed E-state index contributed by atoms with van der Waals surface area (Å²) in [6.45, 7) is 8.94. The predicted molar refractivity (Wildman–Crippen MR) is 86.6 cm³/mol. The molecule has 0 saturated carbocycles. The molecular formula is C15H26N6O. The third-order valence-electron chi connectivity index (χ3n) is 3.73. The lowest BCUT2D eigenvalue weighted by molar-refractivity contribution is -0.125. The van der Waals surface area contributed by atoms with E-state index >= 15 is 0 Å². The first-order valence-electron chi connectivity index (χ1n) is 7.78. The van der Waals surface area contributed by atoms with Gasteiger partial charge in [0, 0.05) is 45.1 Å². The molecule has 1 saturated heterocycles. The molecule has 7 nitrogen and oxygen atoms in total. The molecule has 1 aliphatic heterocycles. The van der Waals surface area contributed by atoms with Gasteiger partial charge in [-0.25, -0.2) is 9.97 Å². The number of piperazine rings is 1. The Hall–Kier alpha value is -1.73. The highest BCUT2D eigenvalue weighted by Crippen LogP contribution is 2.09. The lowest BCUT2D eigenvalue weighted by Gasteiger charge is -2.34. The number of nitrogens with zero attached hydrogens (tertiary/aromatic N) is 4. The first-order valence-corrected chi connectivity index (χ1v) is 7.78. The summed E-state index contributed by atoms with van der Waals surface area (Å²) in [5.74, 6) is 0.707. The summed E-state index contributed by atoms with van der Waals surface area (Å²) in [6, 6.07) is 1.83. The second-order valence-electron chi connectivity index (χ2n) is 6.21. The lowest BCUT2D eigenvalue weighted by Crippen LogP contribution is -2.50. The van der Waals surface area contributed by atoms with Crippen LogP contribution < -0.4 is 16.0 Å². The molecule has 2 rings (SSSR count). The largest absolute Gasteiger partial charge is 0.354 e. The smallest absolute Gasteiger partial charge is 0.239 e. The van der Waals surface area contributed by atoms with Crippen LogP contribution in [-0.2, 0) is 4.79 Å². The predicted octanol–water partition coefficient (Wildman–Crippen LogP) is -0.158. The number of nitrogens with one attached hydrogen (secondary N) is 1. The number of hydrogen-bond acceptors (Lipinski definition) is 6. The van der Waals surface area contributed by atoms with Crippen molar-refractivity contribution in [2.24, 2.45) is 5.73 Å². The third-order valence-corrected chi connectivity index (χ3v) is 3.73. The van der Waals surface area contributed by atoms with Crippen molar-refractivity contribution < 1.29 is 4.79 Å². The zero-order chi connectivity index (χ0) is 16.0. The Kier molecular flexibility index (Phi) is 5.68. The molecule has 0 radical (unpaired) electrons. The van der Waals surface area contributed by atoms with Gasteiger partial charge in [-0.1, -0.05) is 0 Å². The fourth-order valence-electron chi connectivity index (χ4n) is 2.36. The van der Waals surface area contributed by atoms with Gasteiger partial charge in [-0.2, -0.15) is 0 Å². The number of aromatic nitrogens is 2. The molecule has 0 bridgehead atoms. The first kappa shape index (κ1) is 16.6. The number of carbonyl (C=O) groups excluding carboxylic acids is 1. The van der Waals surface area contributed by atoms with Gasteiger partial charge in [-0.15, -0.1) is 0 Å². The highest BCUT2D eigenvalue weighted by Gasteiger charge is 2.21. The minimum Gasteiger partial charge on any atom is -0.354 e. The molecule has 1 aliphatic rings. The van der Waals surface area contributed by atoms with Crippen LogP contribution in [0.3, 0.4) is 0 Å². The van der Waals surface area contributed by atoms with Gasteiger partial charge >= 0.3 is 0 Å². The summed E-state index contributed by atoms with van der Waals surface area (Å²) >= 11 is 0. The minimum absolute atomic E-state index is 0.0986. The molecule has 1 amide bonds. The molecule has 0 spiro atoms. The zero-order valence-electron chi connectivity index (χ0n) is 13.5. The van der Waals surface area contributed by atoms with Crippen molar-refractivity contribution in [3.63, 3.8) is 0 Å². The van der Waals surface area contributed by atoms with Gasteiger partial charge in [0.25, 0.3) is 0 Å². The van der Waals surface area contributed by atoms with E-state index in [-0.39, 0.29) is 5.91 Å². The number of carbonyl (C=O) groups is 1. The maximum absolute atomic E-state index is 11.6. The number of hydrogen-bond donors (Lipinski definition) is 2.